The van der Waals surface area contributed by atoms with Gasteiger partial charge < -0.3 is 14.7 Å². The number of hydrogen-bond acceptors (Lipinski definition) is 5. The van der Waals surface area contributed by atoms with Gasteiger partial charge in [0.2, 0.25) is 11.8 Å². The van der Waals surface area contributed by atoms with Crippen LogP contribution in [0.25, 0.3) is 0 Å². The maximum Gasteiger partial charge on any atom is 0.239 e. The molecule has 2 heterocycles. The van der Waals surface area contributed by atoms with Gasteiger partial charge in [0.1, 0.15) is 0 Å². The molecular weight excluding hydrogens is 244 g/mol. The SMILES string of the molecule is CCCNC1CCCN(CCc2noc(C)n2)C1=O. The fourth-order valence-electron chi connectivity index (χ4n) is 2.35. The van der Waals surface area contributed by atoms with Gasteiger partial charge in [0.05, 0.1) is 6.04 Å². The Morgan fingerprint density at radius 3 is 3.05 bits per heavy atom. The first-order valence-corrected chi connectivity index (χ1v) is 7.02. The number of rotatable bonds is 6. The quantitative estimate of drug-likeness (QED) is 0.828. The van der Waals surface area contributed by atoms with E-state index >= 15 is 0 Å². The van der Waals surface area contributed by atoms with Crippen LogP contribution in [0, 0.1) is 6.92 Å². The molecule has 1 N–H and O–H groups in total. The van der Waals surface area contributed by atoms with Crippen LogP contribution in [0.4, 0.5) is 0 Å². The Balaban J connectivity index is 1.83. The third kappa shape index (κ3) is 3.76. The van der Waals surface area contributed by atoms with Crippen LogP contribution in [0.5, 0.6) is 0 Å². The van der Waals surface area contributed by atoms with Crippen LogP contribution in [0.3, 0.4) is 0 Å². The lowest BCUT2D eigenvalue weighted by molar-refractivity contribution is -0.135. The van der Waals surface area contributed by atoms with E-state index in [1.54, 1.807) is 6.92 Å². The molecule has 0 aromatic carbocycles. The van der Waals surface area contributed by atoms with E-state index < -0.39 is 0 Å². The molecule has 6 heteroatoms. The van der Waals surface area contributed by atoms with E-state index in [-0.39, 0.29) is 11.9 Å². The van der Waals surface area contributed by atoms with Crippen LogP contribution in [-0.4, -0.2) is 46.6 Å². The maximum atomic E-state index is 12.3. The van der Waals surface area contributed by atoms with Crippen molar-refractivity contribution in [2.75, 3.05) is 19.6 Å². The Kier molecular flexibility index (Phi) is 4.90. The van der Waals surface area contributed by atoms with Crippen molar-refractivity contribution in [2.45, 2.75) is 45.6 Å². The van der Waals surface area contributed by atoms with Crippen molar-refractivity contribution in [1.29, 1.82) is 0 Å². The minimum Gasteiger partial charge on any atom is -0.341 e. The van der Waals surface area contributed by atoms with Gasteiger partial charge >= 0.3 is 0 Å². The molecule has 1 atom stereocenters. The molecule has 0 saturated carbocycles. The number of nitrogens with zero attached hydrogens (tertiary/aromatic N) is 3. The lowest BCUT2D eigenvalue weighted by atomic mass is 10.0. The molecule has 19 heavy (non-hydrogen) atoms. The normalized spacial score (nSPS) is 20.0. The highest BCUT2D eigenvalue weighted by Crippen LogP contribution is 2.12. The number of nitrogens with one attached hydrogen (secondary N) is 1. The summed E-state index contributed by atoms with van der Waals surface area (Å²) in [5.41, 5.74) is 0. The van der Waals surface area contributed by atoms with E-state index in [0.29, 0.717) is 24.7 Å². The van der Waals surface area contributed by atoms with E-state index in [9.17, 15) is 4.79 Å². The molecule has 2 rings (SSSR count). The Bertz CT molecular complexity index is 419. The minimum absolute atomic E-state index is 0.0132. The molecule has 0 bridgehead atoms. The van der Waals surface area contributed by atoms with Crippen molar-refractivity contribution in [1.82, 2.24) is 20.4 Å². The highest BCUT2D eigenvalue weighted by atomic mass is 16.5. The van der Waals surface area contributed by atoms with E-state index in [4.69, 9.17) is 4.52 Å². The molecule has 1 unspecified atom stereocenters. The average molecular weight is 266 g/mol. The zero-order valence-electron chi connectivity index (χ0n) is 11.7. The third-order valence-corrected chi connectivity index (χ3v) is 3.35. The van der Waals surface area contributed by atoms with Gasteiger partial charge in [-0.05, 0) is 25.8 Å². The summed E-state index contributed by atoms with van der Waals surface area (Å²) < 4.78 is 4.93. The molecule has 0 aliphatic carbocycles. The highest BCUT2D eigenvalue weighted by Gasteiger charge is 2.27. The number of carbonyl (C=O) groups is 1. The van der Waals surface area contributed by atoms with Crippen LogP contribution in [0.1, 0.15) is 37.9 Å². The molecule has 0 radical (unpaired) electrons. The Labute approximate surface area is 113 Å². The lowest BCUT2D eigenvalue weighted by Crippen LogP contribution is -2.51. The molecule has 1 aliphatic rings. The van der Waals surface area contributed by atoms with Crippen molar-refractivity contribution >= 4 is 5.91 Å². The predicted molar refractivity (Wildman–Crippen MR) is 70.6 cm³/mol. The van der Waals surface area contributed by atoms with E-state index in [1.807, 2.05) is 4.90 Å². The van der Waals surface area contributed by atoms with Crippen LogP contribution in [0.2, 0.25) is 0 Å². The van der Waals surface area contributed by atoms with E-state index in [0.717, 1.165) is 32.4 Å². The number of piperidine rings is 1. The fourth-order valence-corrected chi connectivity index (χ4v) is 2.35. The summed E-state index contributed by atoms with van der Waals surface area (Å²) in [6, 6.07) is -0.0132. The van der Waals surface area contributed by atoms with Crippen LogP contribution < -0.4 is 5.32 Å². The second-order valence-corrected chi connectivity index (χ2v) is 4.95. The largest absolute Gasteiger partial charge is 0.341 e. The second-order valence-electron chi connectivity index (χ2n) is 4.95. The van der Waals surface area contributed by atoms with Crippen molar-refractivity contribution in [3.8, 4) is 0 Å². The minimum atomic E-state index is -0.0132. The number of amides is 1. The summed E-state index contributed by atoms with van der Waals surface area (Å²) in [6.45, 7) is 6.28. The molecule has 0 spiro atoms. The number of aromatic nitrogens is 2. The van der Waals surface area contributed by atoms with Crippen LogP contribution in [-0.2, 0) is 11.2 Å². The average Bonchev–Trinajstić information content (AvgIpc) is 2.82. The number of aryl methyl sites for hydroxylation is 1. The van der Waals surface area contributed by atoms with Crippen LogP contribution in [0.15, 0.2) is 4.52 Å². The summed E-state index contributed by atoms with van der Waals surface area (Å²) in [4.78, 5) is 18.3. The van der Waals surface area contributed by atoms with Crippen molar-refractivity contribution in [3.05, 3.63) is 11.7 Å². The van der Waals surface area contributed by atoms with E-state index in [2.05, 4.69) is 22.4 Å². The maximum absolute atomic E-state index is 12.3. The molecule has 6 nitrogen and oxygen atoms in total. The third-order valence-electron chi connectivity index (χ3n) is 3.35. The van der Waals surface area contributed by atoms with Gasteiger partial charge in [0.25, 0.3) is 0 Å². The zero-order valence-corrected chi connectivity index (χ0v) is 11.7. The molecular formula is C13H22N4O2. The number of likely N-dealkylation sites (tertiary alicyclic amines) is 1. The standard InChI is InChI=1S/C13H22N4O2/c1-3-7-14-11-5-4-8-17(13(11)18)9-6-12-15-10(2)19-16-12/h11,14H,3-9H2,1-2H3. The molecule has 106 valence electrons. The first-order chi connectivity index (χ1) is 9.20. The zero-order chi connectivity index (χ0) is 13.7. The fraction of sp³-hybridized carbons (Fsp3) is 0.769. The van der Waals surface area contributed by atoms with Gasteiger partial charge in [0, 0.05) is 26.4 Å². The smallest absolute Gasteiger partial charge is 0.239 e. The first-order valence-electron chi connectivity index (χ1n) is 7.02. The van der Waals surface area contributed by atoms with Gasteiger partial charge in [-0.2, -0.15) is 4.98 Å². The van der Waals surface area contributed by atoms with Crippen molar-refractivity contribution in [3.63, 3.8) is 0 Å². The summed E-state index contributed by atoms with van der Waals surface area (Å²) in [6.07, 6.45) is 3.70. The van der Waals surface area contributed by atoms with Crippen molar-refractivity contribution in [2.24, 2.45) is 0 Å². The number of carbonyl (C=O) groups excluding carboxylic acids is 1. The van der Waals surface area contributed by atoms with Gasteiger partial charge in [0.15, 0.2) is 5.82 Å². The Morgan fingerprint density at radius 2 is 2.37 bits per heavy atom. The molecule has 1 aromatic rings. The predicted octanol–water partition coefficient (Wildman–Crippen LogP) is 0.911. The topological polar surface area (TPSA) is 71.3 Å². The van der Waals surface area contributed by atoms with Crippen molar-refractivity contribution < 1.29 is 9.32 Å². The summed E-state index contributed by atoms with van der Waals surface area (Å²) >= 11 is 0. The van der Waals surface area contributed by atoms with Crippen LogP contribution >= 0.6 is 0 Å². The molecule has 1 aromatic heterocycles. The molecule has 1 aliphatic heterocycles. The Hall–Kier alpha value is -1.43. The first kappa shape index (κ1) is 14.0. The highest BCUT2D eigenvalue weighted by molar-refractivity contribution is 5.82. The lowest BCUT2D eigenvalue weighted by Gasteiger charge is -2.32. The summed E-state index contributed by atoms with van der Waals surface area (Å²) in [5, 5.41) is 7.17. The van der Waals surface area contributed by atoms with E-state index in [1.165, 1.54) is 0 Å². The molecule has 1 fully saturated rings. The molecule has 1 saturated heterocycles. The monoisotopic (exact) mass is 266 g/mol. The molecule has 1 amide bonds. The number of hydrogen-bond donors (Lipinski definition) is 1. The van der Waals surface area contributed by atoms with Gasteiger partial charge in [-0.3, -0.25) is 4.79 Å². The van der Waals surface area contributed by atoms with Gasteiger partial charge in [-0.15, -0.1) is 0 Å². The van der Waals surface area contributed by atoms with Gasteiger partial charge in [-0.1, -0.05) is 12.1 Å². The van der Waals surface area contributed by atoms with Gasteiger partial charge in [-0.25, -0.2) is 0 Å². The summed E-state index contributed by atoms with van der Waals surface area (Å²) in [5.74, 6) is 1.45. The summed E-state index contributed by atoms with van der Waals surface area (Å²) in [7, 11) is 0. The second kappa shape index (κ2) is 6.65. The Morgan fingerprint density at radius 1 is 1.53 bits per heavy atom.